The highest BCUT2D eigenvalue weighted by Crippen LogP contribution is 2.25. The predicted molar refractivity (Wildman–Crippen MR) is 113 cm³/mol. The maximum atomic E-state index is 12.8. The van der Waals surface area contributed by atoms with Crippen LogP contribution >= 0.6 is 23.4 Å². The highest BCUT2D eigenvalue weighted by Gasteiger charge is 2.22. The van der Waals surface area contributed by atoms with Crippen molar-refractivity contribution in [1.29, 1.82) is 0 Å². The summed E-state index contributed by atoms with van der Waals surface area (Å²) in [6, 6.07) is 12.3. The number of nitrogens with one attached hydrogen (secondary N) is 2. The molecule has 2 amide bonds. The number of anilines is 1. The molecule has 0 spiro atoms. The number of aryl methyl sites for hydroxylation is 2. The zero-order valence-corrected chi connectivity index (χ0v) is 16.8. The fourth-order valence-corrected chi connectivity index (χ4v) is 3.96. The number of rotatable bonds is 7. The molecule has 0 heterocycles. The average molecular weight is 403 g/mol. The Morgan fingerprint density at radius 2 is 1.93 bits per heavy atom. The van der Waals surface area contributed by atoms with Crippen molar-refractivity contribution in [2.75, 3.05) is 17.3 Å². The highest BCUT2D eigenvalue weighted by molar-refractivity contribution is 7.98. The SMILES string of the molecule is CSCCC(NC(=O)c1ccccc1Cl)C(=O)Nc1ccc2c(c1)CCC2. The molecule has 2 aromatic rings. The summed E-state index contributed by atoms with van der Waals surface area (Å²) < 4.78 is 0. The van der Waals surface area contributed by atoms with Gasteiger partial charge < -0.3 is 10.6 Å². The lowest BCUT2D eigenvalue weighted by atomic mass is 10.1. The van der Waals surface area contributed by atoms with Gasteiger partial charge in [-0.05, 0) is 73.1 Å². The Labute approximate surface area is 169 Å². The second kappa shape index (κ2) is 9.29. The van der Waals surface area contributed by atoms with Crippen LogP contribution in [0, 0.1) is 0 Å². The number of fused-ring (bicyclic) bond motifs is 1. The molecule has 0 radical (unpaired) electrons. The summed E-state index contributed by atoms with van der Waals surface area (Å²) in [4.78, 5) is 25.4. The molecule has 27 heavy (non-hydrogen) atoms. The lowest BCUT2D eigenvalue weighted by Gasteiger charge is -2.19. The van der Waals surface area contributed by atoms with E-state index in [1.165, 1.54) is 11.1 Å². The molecule has 0 aromatic heterocycles. The molecule has 1 atom stereocenters. The van der Waals surface area contributed by atoms with Crippen LogP contribution in [-0.2, 0) is 17.6 Å². The van der Waals surface area contributed by atoms with Crippen molar-refractivity contribution in [2.45, 2.75) is 31.7 Å². The number of carbonyl (C=O) groups is 2. The quantitative estimate of drug-likeness (QED) is 0.725. The Morgan fingerprint density at radius 1 is 1.15 bits per heavy atom. The average Bonchev–Trinajstić information content (AvgIpc) is 3.13. The van der Waals surface area contributed by atoms with Crippen LogP contribution in [0.3, 0.4) is 0 Å². The van der Waals surface area contributed by atoms with Crippen LogP contribution < -0.4 is 10.6 Å². The van der Waals surface area contributed by atoms with Crippen molar-refractivity contribution in [3.8, 4) is 0 Å². The first-order valence-corrected chi connectivity index (χ1v) is 10.8. The number of thioether (sulfide) groups is 1. The van der Waals surface area contributed by atoms with E-state index in [2.05, 4.69) is 16.7 Å². The van der Waals surface area contributed by atoms with Crippen molar-refractivity contribution in [2.24, 2.45) is 0 Å². The Kier molecular flexibility index (Phi) is 6.80. The lowest BCUT2D eigenvalue weighted by Crippen LogP contribution is -2.44. The van der Waals surface area contributed by atoms with Crippen LogP contribution in [0.25, 0.3) is 0 Å². The smallest absolute Gasteiger partial charge is 0.253 e. The number of halogens is 1. The molecule has 4 nitrogen and oxygen atoms in total. The summed E-state index contributed by atoms with van der Waals surface area (Å²) in [5.74, 6) is 0.226. The summed E-state index contributed by atoms with van der Waals surface area (Å²) in [5, 5.41) is 6.16. The molecular formula is C21H23ClN2O2S. The van der Waals surface area contributed by atoms with Crippen LogP contribution in [0.2, 0.25) is 5.02 Å². The number of carbonyl (C=O) groups excluding carboxylic acids is 2. The zero-order valence-electron chi connectivity index (χ0n) is 15.3. The molecule has 6 heteroatoms. The van der Waals surface area contributed by atoms with Gasteiger partial charge in [0.05, 0.1) is 10.6 Å². The number of hydrogen-bond donors (Lipinski definition) is 2. The van der Waals surface area contributed by atoms with Crippen molar-refractivity contribution in [1.82, 2.24) is 5.32 Å². The molecule has 0 saturated heterocycles. The van der Waals surface area contributed by atoms with E-state index in [0.29, 0.717) is 17.0 Å². The third-order valence-corrected chi connectivity index (χ3v) is 5.69. The van der Waals surface area contributed by atoms with E-state index in [1.807, 2.05) is 18.4 Å². The molecule has 0 fully saturated rings. The molecule has 0 bridgehead atoms. The fraction of sp³-hybridized carbons (Fsp3) is 0.333. The molecule has 0 saturated carbocycles. The van der Waals surface area contributed by atoms with Crippen LogP contribution in [-0.4, -0.2) is 29.9 Å². The molecule has 142 valence electrons. The van der Waals surface area contributed by atoms with E-state index in [-0.39, 0.29) is 11.8 Å². The maximum absolute atomic E-state index is 12.8. The third-order valence-electron chi connectivity index (χ3n) is 4.72. The van der Waals surface area contributed by atoms with Crippen LogP contribution in [0.5, 0.6) is 0 Å². The van der Waals surface area contributed by atoms with Crippen molar-refractivity contribution in [3.63, 3.8) is 0 Å². The Balaban J connectivity index is 1.70. The van der Waals surface area contributed by atoms with Crippen LogP contribution in [0.1, 0.15) is 34.3 Å². The first kappa shape index (κ1) is 19.8. The molecule has 1 aliphatic carbocycles. The number of amides is 2. The second-order valence-corrected chi connectivity index (χ2v) is 8.01. The van der Waals surface area contributed by atoms with E-state index in [4.69, 9.17) is 11.6 Å². The van der Waals surface area contributed by atoms with E-state index in [0.717, 1.165) is 30.7 Å². The van der Waals surface area contributed by atoms with E-state index >= 15 is 0 Å². The van der Waals surface area contributed by atoms with Gasteiger partial charge in [-0.25, -0.2) is 0 Å². The molecule has 2 N–H and O–H groups in total. The van der Waals surface area contributed by atoms with Crippen LogP contribution in [0.15, 0.2) is 42.5 Å². The largest absolute Gasteiger partial charge is 0.340 e. The standard InChI is InChI=1S/C21H23ClN2O2S/c1-27-12-11-19(24-20(25)17-7-2-3-8-18(17)22)21(26)23-16-10-9-14-5-4-6-15(14)13-16/h2-3,7-10,13,19H,4-6,11-12H2,1H3,(H,23,26)(H,24,25). The van der Waals surface area contributed by atoms with Gasteiger partial charge in [0.1, 0.15) is 6.04 Å². The van der Waals surface area contributed by atoms with Crippen molar-refractivity contribution < 1.29 is 9.59 Å². The van der Waals surface area contributed by atoms with E-state index in [9.17, 15) is 9.59 Å². The van der Waals surface area contributed by atoms with Gasteiger partial charge in [-0.15, -0.1) is 0 Å². The first-order valence-electron chi connectivity index (χ1n) is 9.05. The van der Waals surface area contributed by atoms with Gasteiger partial charge in [-0.2, -0.15) is 11.8 Å². The minimum atomic E-state index is -0.616. The van der Waals surface area contributed by atoms with Crippen LogP contribution in [0.4, 0.5) is 5.69 Å². The van der Waals surface area contributed by atoms with E-state index in [1.54, 1.807) is 36.0 Å². The third kappa shape index (κ3) is 5.05. The predicted octanol–water partition coefficient (Wildman–Crippen LogP) is 4.32. The van der Waals surface area contributed by atoms with E-state index < -0.39 is 6.04 Å². The minimum absolute atomic E-state index is 0.206. The number of hydrogen-bond acceptors (Lipinski definition) is 3. The topological polar surface area (TPSA) is 58.2 Å². The fourth-order valence-electron chi connectivity index (χ4n) is 3.26. The highest BCUT2D eigenvalue weighted by atomic mass is 35.5. The summed E-state index contributed by atoms with van der Waals surface area (Å²) in [6.45, 7) is 0. The van der Waals surface area contributed by atoms with Gasteiger partial charge in [0.15, 0.2) is 0 Å². The Hall–Kier alpha value is -1.98. The molecule has 3 rings (SSSR count). The van der Waals surface area contributed by atoms with Gasteiger partial charge in [-0.1, -0.05) is 29.8 Å². The van der Waals surface area contributed by atoms with Gasteiger partial charge in [-0.3, -0.25) is 9.59 Å². The van der Waals surface area contributed by atoms with Gasteiger partial charge in [0, 0.05) is 5.69 Å². The summed E-state index contributed by atoms with van der Waals surface area (Å²) in [6.07, 6.45) is 5.85. The summed E-state index contributed by atoms with van der Waals surface area (Å²) in [7, 11) is 0. The maximum Gasteiger partial charge on any atom is 0.253 e. The van der Waals surface area contributed by atoms with Gasteiger partial charge >= 0.3 is 0 Å². The molecule has 1 aliphatic rings. The molecule has 0 aliphatic heterocycles. The zero-order chi connectivity index (χ0) is 19.2. The summed E-state index contributed by atoms with van der Waals surface area (Å²) in [5.41, 5.74) is 3.81. The van der Waals surface area contributed by atoms with Gasteiger partial charge in [0.2, 0.25) is 5.91 Å². The second-order valence-electron chi connectivity index (χ2n) is 6.61. The lowest BCUT2D eigenvalue weighted by molar-refractivity contribution is -0.118. The first-order chi connectivity index (χ1) is 13.1. The minimum Gasteiger partial charge on any atom is -0.340 e. The van der Waals surface area contributed by atoms with Gasteiger partial charge in [0.25, 0.3) is 5.91 Å². The molecule has 2 aromatic carbocycles. The Bertz CT molecular complexity index is 841. The van der Waals surface area contributed by atoms with Crippen molar-refractivity contribution in [3.05, 3.63) is 64.2 Å². The molecule has 1 unspecified atom stereocenters. The number of benzene rings is 2. The molecular weight excluding hydrogens is 380 g/mol. The summed E-state index contributed by atoms with van der Waals surface area (Å²) >= 11 is 7.74. The monoisotopic (exact) mass is 402 g/mol. The normalized spacial score (nSPS) is 13.7. The Morgan fingerprint density at radius 3 is 2.70 bits per heavy atom. The van der Waals surface area contributed by atoms with Crippen molar-refractivity contribution >= 4 is 40.9 Å².